The second kappa shape index (κ2) is 9.55. The largest absolute Gasteiger partial charge is 0.493 e. The molecule has 1 aliphatic heterocycles. The number of amides is 1. The van der Waals surface area contributed by atoms with E-state index in [0.717, 1.165) is 16.8 Å². The number of carbonyl (C=O) groups excluding carboxylic acids is 1. The number of methoxy groups -OCH3 is 2. The van der Waals surface area contributed by atoms with Crippen LogP contribution in [0.4, 0.5) is 4.39 Å². The van der Waals surface area contributed by atoms with Gasteiger partial charge in [-0.25, -0.2) is 4.39 Å². The molecule has 0 spiro atoms. The number of hydrogen-bond acceptors (Lipinski definition) is 6. The first kappa shape index (κ1) is 21.4. The van der Waals surface area contributed by atoms with E-state index in [1.165, 1.54) is 18.4 Å². The molecule has 1 aliphatic rings. The van der Waals surface area contributed by atoms with E-state index in [1.54, 1.807) is 43.4 Å². The molecule has 0 N–H and O–H groups in total. The normalized spacial score (nSPS) is 15.1. The first-order valence-corrected chi connectivity index (χ1v) is 10.1. The molecule has 0 fully saturated rings. The first-order valence-electron chi connectivity index (χ1n) is 10.1. The van der Waals surface area contributed by atoms with Gasteiger partial charge in [-0.05, 0) is 48.0 Å². The molecule has 3 aromatic rings. The lowest BCUT2D eigenvalue weighted by Gasteiger charge is -2.24. The van der Waals surface area contributed by atoms with Crippen LogP contribution in [0.1, 0.15) is 28.1 Å². The van der Waals surface area contributed by atoms with Crippen molar-refractivity contribution in [3.05, 3.63) is 83.6 Å². The number of carbonyl (C=O) groups is 1. The van der Waals surface area contributed by atoms with Crippen LogP contribution >= 0.6 is 0 Å². The van der Waals surface area contributed by atoms with Crippen LogP contribution in [0.15, 0.2) is 70.4 Å². The lowest BCUT2D eigenvalue weighted by atomic mass is 10.0. The fourth-order valence-corrected chi connectivity index (χ4v) is 3.54. The minimum Gasteiger partial charge on any atom is -0.493 e. The Hall–Kier alpha value is -3.81. The third-order valence-electron chi connectivity index (χ3n) is 5.18. The molecule has 4 rings (SSSR count). The quantitative estimate of drug-likeness (QED) is 0.525. The summed E-state index contributed by atoms with van der Waals surface area (Å²) in [6.45, 7) is 0.572. The molecule has 7 nitrogen and oxygen atoms in total. The summed E-state index contributed by atoms with van der Waals surface area (Å²) in [7, 11) is 3.15. The smallest absolute Gasteiger partial charge is 0.289 e. The van der Waals surface area contributed by atoms with Crippen LogP contribution < -0.4 is 9.47 Å². The van der Waals surface area contributed by atoms with Gasteiger partial charge < -0.3 is 23.6 Å². The molecule has 8 heteroatoms. The van der Waals surface area contributed by atoms with Crippen molar-refractivity contribution in [1.29, 1.82) is 0 Å². The van der Waals surface area contributed by atoms with Gasteiger partial charge >= 0.3 is 0 Å². The fraction of sp³-hybridized carbons (Fsp3) is 0.250. The number of halogens is 1. The Kier molecular flexibility index (Phi) is 6.39. The molecule has 32 heavy (non-hydrogen) atoms. The Morgan fingerprint density at radius 3 is 2.59 bits per heavy atom. The predicted octanol–water partition coefficient (Wildman–Crippen LogP) is 4.27. The highest BCUT2D eigenvalue weighted by atomic mass is 19.1. The monoisotopic (exact) mass is 438 g/mol. The summed E-state index contributed by atoms with van der Waals surface area (Å²) in [6, 6.07) is 14.9. The van der Waals surface area contributed by atoms with Crippen LogP contribution in [-0.4, -0.2) is 43.4 Å². The van der Waals surface area contributed by atoms with Crippen LogP contribution in [0.25, 0.3) is 0 Å². The highest BCUT2D eigenvalue weighted by Crippen LogP contribution is 2.29. The average Bonchev–Trinajstić information content (AvgIpc) is 3.52. The summed E-state index contributed by atoms with van der Waals surface area (Å²) < 4.78 is 29.2. The lowest BCUT2D eigenvalue weighted by Crippen LogP contribution is -2.37. The lowest BCUT2D eigenvalue weighted by molar-refractivity contribution is 0.0387. The van der Waals surface area contributed by atoms with Crippen molar-refractivity contribution < 1.29 is 27.9 Å². The molecule has 0 radical (unpaired) electrons. The fourth-order valence-electron chi connectivity index (χ4n) is 3.54. The Bertz CT molecular complexity index is 1100. The SMILES string of the molecule is COc1ccc(C2=NOC(CN(Cc3ccc(F)cc3)C(=O)c3ccco3)C2)cc1OC. The maximum atomic E-state index is 13.3. The Balaban J connectivity index is 1.48. The van der Waals surface area contributed by atoms with Crippen molar-refractivity contribution in [2.75, 3.05) is 20.8 Å². The van der Waals surface area contributed by atoms with Gasteiger partial charge in [0.25, 0.3) is 5.91 Å². The van der Waals surface area contributed by atoms with Crippen molar-refractivity contribution in [2.24, 2.45) is 5.16 Å². The molecule has 0 aliphatic carbocycles. The van der Waals surface area contributed by atoms with Gasteiger partial charge in [0.05, 0.1) is 32.7 Å². The van der Waals surface area contributed by atoms with Gasteiger partial charge in [-0.15, -0.1) is 0 Å². The van der Waals surface area contributed by atoms with Gasteiger partial charge in [-0.1, -0.05) is 17.3 Å². The van der Waals surface area contributed by atoms with Crippen molar-refractivity contribution in [3.63, 3.8) is 0 Å². The molecule has 166 valence electrons. The van der Waals surface area contributed by atoms with Crippen molar-refractivity contribution in [2.45, 2.75) is 19.1 Å². The van der Waals surface area contributed by atoms with Gasteiger partial charge in [-0.2, -0.15) is 0 Å². The highest BCUT2D eigenvalue weighted by Gasteiger charge is 2.28. The molecule has 1 unspecified atom stereocenters. The molecule has 2 heterocycles. The van der Waals surface area contributed by atoms with Gasteiger partial charge in [-0.3, -0.25) is 4.79 Å². The first-order chi connectivity index (χ1) is 15.6. The van der Waals surface area contributed by atoms with Crippen molar-refractivity contribution >= 4 is 11.6 Å². The van der Waals surface area contributed by atoms with Crippen molar-refractivity contribution in [3.8, 4) is 11.5 Å². The van der Waals surface area contributed by atoms with E-state index in [0.29, 0.717) is 17.9 Å². The number of nitrogens with zero attached hydrogens (tertiary/aromatic N) is 2. The molecule has 0 saturated heterocycles. The van der Waals surface area contributed by atoms with Crippen LogP contribution in [0, 0.1) is 5.82 Å². The van der Waals surface area contributed by atoms with E-state index >= 15 is 0 Å². The van der Waals surface area contributed by atoms with Crippen LogP contribution in [-0.2, 0) is 11.4 Å². The minimum atomic E-state index is -0.336. The third kappa shape index (κ3) is 4.74. The summed E-state index contributed by atoms with van der Waals surface area (Å²) in [4.78, 5) is 20.3. The van der Waals surface area contributed by atoms with Crippen LogP contribution in [0.2, 0.25) is 0 Å². The summed E-state index contributed by atoms with van der Waals surface area (Å²) in [5.74, 6) is 0.849. The number of furan rings is 1. The zero-order valence-electron chi connectivity index (χ0n) is 17.8. The summed E-state index contributed by atoms with van der Waals surface area (Å²) in [6.07, 6.45) is 1.63. The zero-order chi connectivity index (χ0) is 22.5. The van der Waals surface area contributed by atoms with Gasteiger partial charge in [0, 0.05) is 18.5 Å². The minimum absolute atomic E-state index is 0.228. The molecule has 1 atom stereocenters. The second-order valence-electron chi connectivity index (χ2n) is 7.33. The van der Waals surface area contributed by atoms with E-state index in [2.05, 4.69) is 5.16 Å². The standard InChI is InChI=1S/C24H23FN2O5/c1-29-21-10-7-17(12-23(21)30-2)20-13-19(32-26-20)15-27(24(28)22-4-3-11-31-22)14-16-5-8-18(25)9-6-16/h3-12,19H,13-15H2,1-2H3. The summed E-state index contributed by atoms with van der Waals surface area (Å²) in [5.41, 5.74) is 2.40. The van der Waals surface area contributed by atoms with Gasteiger partial charge in [0.15, 0.2) is 23.4 Å². The number of benzene rings is 2. The van der Waals surface area contributed by atoms with Gasteiger partial charge in [0.2, 0.25) is 0 Å². The number of hydrogen-bond donors (Lipinski definition) is 0. The van der Waals surface area contributed by atoms with E-state index in [9.17, 15) is 9.18 Å². The second-order valence-corrected chi connectivity index (χ2v) is 7.33. The van der Waals surface area contributed by atoms with E-state index in [4.69, 9.17) is 18.7 Å². The average molecular weight is 438 g/mol. The van der Waals surface area contributed by atoms with Crippen molar-refractivity contribution in [1.82, 2.24) is 4.90 Å². The topological polar surface area (TPSA) is 73.5 Å². The summed E-state index contributed by atoms with van der Waals surface area (Å²) in [5, 5.41) is 4.22. The maximum absolute atomic E-state index is 13.3. The molecular formula is C24H23FN2O5. The molecule has 1 amide bonds. The molecule has 1 aromatic heterocycles. The Morgan fingerprint density at radius 2 is 1.91 bits per heavy atom. The maximum Gasteiger partial charge on any atom is 0.289 e. The zero-order valence-corrected chi connectivity index (χ0v) is 17.8. The van der Waals surface area contributed by atoms with E-state index < -0.39 is 0 Å². The molecule has 2 aromatic carbocycles. The predicted molar refractivity (Wildman–Crippen MR) is 115 cm³/mol. The number of rotatable bonds is 8. The highest BCUT2D eigenvalue weighted by molar-refractivity contribution is 6.01. The van der Waals surface area contributed by atoms with Gasteiger partial charge in [0.1, 0.15) is 5.82 Å². The Morgan fingerprint density at radius 1 is 1.12 bits per heavy atom. The molecule has 0 saturated carbocycles. The van der Waals surface area contributed by atoms with E-state index in [-0.39, 0.29) is 36.7 Å². The van der Waals surface area contributed by atoms with Crippen LogP contribution in [0.5, 0.6) is 11.5 Å². The van der Waals surface area contributed by atoms with Crippen LogP contribution in [0.3, 0.4) is 0 Å². The Labute approximate surface area is 185 Å². The number of oxime groups is 1. The third-order valence-corrected chi connectivity index (χ3v) is 5.18. The van der Waals surface area contributed by atoms with E-state index in [1.807, 2.05) is 18.2 Å². The molecule has 0 bridgehead atoms. The number of ether oxygens (including phenoxy) is 2. The summed E-state index contributed by atoms with van der Waals surface area (Å²) >= 11 is 0. The molecular weight excluding hydrogens is 415 g/mol.